The summed E-state index contributed by atoms with van der Waals surface area (Å²) in [6, 6.07) is 8.74. The van der Waals surface area contributed by atoms with Gasteiger partial charge in [0.2, 0.25) is 0 Å². The Morgan fingerprint density at radius 2 is 2.23 bits per heavy atom. The highest BCUT2D eigenvalue weighted by Gasteiger charge is 2.04. The van der Waals surface area contributed by atoms with E-state index in [1.165, 1.54) is 16.7 Å². The van der Waals surface area contributed by atoms with Gasteiger partial charge in [-0.05, 0) is 31.0 Å². The Bertz CT molecular complexity index is 326. The molecule has 0 radical (unpaired) electrons. The van der Waals surface area contributed by atoms with E-state index in [2.05, 4.69) is 42.6 Å². The molecular weight excluding hydrogens is 158 g/mol. The third-order valence-electron chi connectivity index (χ3n) is 2.45. The van der Waals surface area contributed by atoms with Gasteiger partial charge in [-0.1, -0.05) is 35.9 Å². The van der Waals surface area contributed by atoms with Crippen molar-refractivity contribution in [3.63, 3.8) is 0 Å². The summed E-state index contributed by atoms with van der Waals surface area (Å²) in [4.78, 5) is 0. The van der Waals surface area contributed by atoms with Gasteiger partial charge >= 0.3 is 0 Å². The third kappa shape index (κ3) is 1.99. The second-order valence-electron chi connectivity index (χ2n) is 3.55. The average Bonchev–Trinajstić information content (AvgIpc) is 2.19. The van der Waals surface area contributed by atoms with E-state index in [1.54, 1.807) is 0 Å². The van der Waals surface area contributed by atoms with Gasteiger partial charge in [-0.25, -0.2) is 0 Å². The smallest absolute Gasteiger partial charge is 0.0140 e. The number of nitrogens with one attached hydrogen (secondary N) is 1. The van der Waals surface area contributed by atoms with Gasteiger partial charge in [-0.3, -0.25) is 0 Å². The maximum Gasteiger partial charge on any atom is 0.0140 e. The highest BCUT2D eigenvalue weighted by molar-refractivity contribution is 5.66. The molecule has 1 aliphatic heterocycles. The van der Waals surface area contributed by atoms with Crippen molar-refractivity contribution in [2.24, 2.45) is 0 Å². The molecule has 1 N–H and O–H groups in total. The van der Waals surface area contributed by atoms with Crippen molar-refractivity contribution >= 4 is 5.57 Å². The van der Waals surface area contributed by atoms with Gasteiger partial charge in [0, 0.05) is 6.54 Å². The van der Waals surface area contributed by atoms with Crippen molar-refractivity contribution < 1.29 is 0 Å². The Labute approximate surface area is 79.5 Å². The summed E-state index contributed by atoms with van der Waals surface area (Å²) in [6.07, 6.45) is 3.45. The lowest BCUT2D eigenvalue weighted by Gasteiger charge is -2.14. The number of aryl methyl sites for hydroxylation is 1. The van der Waals surface area contributed by atoms with Crippen LogP contribution in [0.3, 0.4) is 0 Å². The van der Waals surface area contributed by atoms with E-state index >= 15 is 0 Å². The molecule has 0 saturated carbocycles. The maximum absolute atomic E-state index is 3.32. The summed E-state index contributed by atoms with van der Waals surface area (Å²) >= 11 is 0. The van der Waals surface area contributed by atoms with Gasteiger partial charge in [-0.2, -0.15) is 0 Å². The van der Waals surface area contributed by atoms with Gasteiger partial charge in [-0.15, -0.1) is 0 Å². The van der Waals surface area contributed by atoms with E-state index in [4.69, 9.17) is 0 Å². The van der Waals surface area contributed by atoms with Crippen LogP contribution in [0.4, 0.5) is 0 Å². The zero-order valence-electron chi connectivity index (χ0n) is 8.01. The fraction of sp³-hybridized carbons (Fsp3) is 0.333. The first-order chi connectivity index (χ1) is 6.36. The van der Waals surface area contributed by atoms with Gasteiger partial charge in [0.15, 0.2) is 0 Å². The lowest BCUT2D eigenvalue weighted by atomic mass is 9.99. The molecule has 0 unspecified atom stereocenters. The minimum absolute atomic E-state index is 1.02. The number of hydrogen-bond acceptors (Lipinski definition) is 1. The monoisotopic (exact) mass is 173 g/mol. The normalized spacial score (nSPS) is 16.8. The van der Waals surface area contributed by atoms with E-state index in [0.29, 0.717) is 0 Å². The zero-order valence-corrected chi connectivity index (χ0v) is 8.01. The second kappa shape index (κ2) is 3.75. The molecule has 13 heavy (non-hydrogen) atoms. The molecule has 2 rings (SSSR count). The molecule has 0 aliphatic carbocycles. The van der Waals surface area contributed by atoms with Crippen molar-refractivity contribution in [2.45, 2.75) is 13.3 Å². The minimum Gasteiger partial charge on any atom is -0.313 e. The fourth-order valence-corrected chi connectivity index (χ4v) is 1.73. The number of benzene rings is 1. The quantitative estimate of drug-likeness (QED) is 0.687. The highest BCUT2D eigenvalue weighted by atomic mass is 14.8. The van der Waals surface area contributed by atoms with E-state index < -0.39 is 0 Å². The molecule has 1 heterocycles. The topological polar surface area (TPSA) is 12.0 Å². The molecular formula is C12H15N. The lowest BCUT2D eigenvalue weighted by Crippen LogP contribution is -2.19. The van der Waals surface area contributed by atoms with Crippen LogP contribution >= 0.6 is 0 Å². The summed E-state index contributed by atoms with van der Waals surface area (Å²) in [5.41, 5.74) is 4.22. The lowest BCUT2D eigenvalue weighted by molar-refractivity contribution is 0.738. The molecule has 0 spiro atoms. The first-order valence-corrected chi connectivity index (χ1v) is 4.83. The van der Waals surface area contributed by atoms with Crippen LogP contribution in [-0.4, -0.2) is 13.1 Å². The summed E-state index contributed by atoms with van der Waals surface area (Å²) in [5, 5.41) is 3.32. The van der Waals surface area contributed by atoms with Crippen molar-refractivity contribution in [1.29, 1.82) is 0 Å². The molecule has 1 aromatic rings. The fourth-order valence-electron chi connectivity index (χ4n) is 1.73. The Balaban J connectivity index is 2.29. The van der Waals surface area contributed by atoms with Crippen molar-refractivity contribution in [3.8, 4) is 0 Å². The SMILES string of the molecule is Cc1cccc(C2=CCNCC2)c1. The predicted octanol–water partition coefficient (Wildman–Crippen LogP) is 2.37. The van der Waals surface area contributed by atoms with Crippen LogP contribution in [0.1, 0.15) is 17.5 Å². The molecule has 1 aliphatic rings. The zero-order chi connectivity index (χ0) is 9.10. The third-order valence-corrected chi connectivity index (χ3v) is 2.45. The Hall–Kier alpha value is -1.08. The molecule has 0 bridgehead atoms. The van der Waals surface area contributed by atoms with Crippen molar-refractivity contribution in [3.05, 3.63) is 41.5 Å². The van der Waals surface area contributed by atoms with Crippen LogP contribution in [-0.2, 0) is 0 Å². The van der Waals surface area contributed by atoms with E-state index in [-0.39, 0.29) is 0 Å². The van der Waals surface area contributed by atoms with E-state index in [9.17, 15) is 0 Å². The highest BCUT2D eigenvalue weighted by Crippen LogP contribution is 2.19. The summed E-state index contributed by atoms with van der Waals surface area (Å²) in [6.45, 7) is 4.27. The number of hydrogen-bond donors (Lipinski definition) is 1. The van der Waals surface area contributed by atoms with Gasteiger partial charge in [0.05, 0.1) is 0 Å². The van der Waals surface area contributed by atoms with Crippen LogP contribution < -0.4 is 5.32 Å². The Morgan fingerprint density at radius 3 is 2.92 bits per heavy atom. The van der Waals surface area contributed by atoms with Crippen LogP contribution in [0, 0.1) is 6.92 Å². The van der Waals surface area contributed by atoms with Crippen molar-refractivity contribution in [1.82, 2.24) is 5.32 Å². The molecule has 1 nitrogen and oxygen atoms in total. The van der Waals surface area contributed by atoms with Crippen LogP contribution in [0.2, 0.25) is 0 Å². The second-order valence-corrected chi connectivity index (χ2v) is 3.55. The largest absolute Gasteiger partial charge is 0.313 e. The standard InChI is InChI=1S/C12H15N/c1-10-3-2-4-12(9-10)11-5-7-13-8-6-11/h2-5,9,13H,6-8H2,1H3. The molecule has 0 aromatic heterocycles. The molecule has 0 amide bonds. The van der Waals surface area contributed by atoms with Crippen molar-refractivity contribution in [2.75, 3.05) is 13.1 Å². The molecule has 0 saturated heterocycles. The van der Waals surface area contributed by atoms with Gasteiger partial charge < -0.3 is 5.32 Å². The van der Waals surface area contributed by atoms with Crippen LogP contribution in [0.5, 0.6) is 0 Å². The van der Waals surface area contributed by atoms with Crippen LogP contribution in [0.15, 0.2) is 30.3 Å². The van der Waals surface area contributed by atoms with Gasteiger partial charge in [0.1, 0.15) is 0 Å². The Morgan fingerprint density at radius 1 is 1.31 bits per heavy atom. The van der Waals surface area contributed by atoms with Crippen LogP contribution in [0.25, 0.3) is 5.57 Å². The Kier molecular flexibility index (Phi) is 2.46. The van der Waals surface area contributed by atoms with Gasteiger partial charge in [0.25, 0.3) is 0 Å². The average molecular weight is 173 g/mol. The number of rotatable bonds is 1. The molecule has 0 fully saturated rings. The van der Waals surface area contributed by atoms with E-state index in [1.807, 2.05) is 0 Å². The predicted molar refractivity (Wildman–Crippen MR) is 56.6 cm³/mol. The minimum atomic E-state index is 1.02. The first-order valence-electron chi connectivity index (χ1n) is 4.83. The van der Waals surface area contributed by atoms with E-state index in [0.717, 1.165) is 19.5 Å². The first kappa shape index (κ1) is 8.52. The molecule has 1 aromatic carbocycles. The molecule has 0 atom stereocenters. The summed E-state index contributed by atoms with van der Waals surface area (Å²) in [5.74, 6) is 0. The maximum atomic E-state index is 3.32. The summed E-state index contributed by atoms with van der Waals surface area (Å²) < 4.78 is 0. The molecule has 68 valence electrons. The molecule has 1 heteroatoms. The summed E-state index contributed by atoms with van der Waals surface area (Å²) in [7, 11) is 0.